The van der Waals surface area contributed by atoms with Gasteiger partial charge >= 0.3 is 0 Å². The fourth-order valence-corrected chi connectivity index (χ4v) is 2.03. The summed E-state index contributed by atoms with van der Waals surface area (Å²) in [4.78, 5) is 22.4. The van der Waals surface area contributed by atoms with Crippen LogP contribution in [0.15, 0.2) is 46.9 Å². The van der Waals surface area contributed by atoms with Gasteiger partial charge in [0.15, 0.2) is 5.78 Å². The first-order chi connectivity index (χ1) is 9.49. The van der Waals surface area contributed by atoms with E-state index in [9.17, 15) is 19.3 Å². The zero-order valence-electron chi connectivity index (χ0n) is 10.2. The number of hydrogen-bond donors (Lipinski definition) is 0. The van der Waals surface area contributed by atoms with E-state index >= 15 is 0 Å². The molecule has 0 aliphatic carbocycles. The van der Waals surface area contributed by atoms with Gasteiger partial charge in [-0.25, -0.2) is 4.39 Å². The number of nitro groups is 1. The van der Waals surface area contributed by atoms with Crippen molar-refractivity contribution in [1.82, 2.24) is 0 Å². The van der Waals surface area contributed by atoms with E-state index in [1.807, 2.05) is 0 Å². The summed E-state index contributed by atoms with van der Waals surface area (Å²) in [6.45, 7) is 0. The number of rotatable bonds is 4. The number of para-hydroxylation sites is 1. The van der Waals surface area contributed by atoms with Crippen molar-refractivity contribution >= 4 is 27.4 Å². The quantitative estimate of drug-likeness (QED) is 0.482. The van der Waals surface area contributed by atoms with Crippen LogP contribution in [0.1, 0.15) is 15.9 Å². The normalized spacial score (nSPS) is 10.3. The number of carbonyl (C=O) groups is 1. The molecular weight excluding hydrogens is 329 g/mol. The Morgan fingerprint density at radius 2 is 1.95 bits per heavy atom. The molecule has 102 valence electrons. The van der Waals surface area contributed by atoms with Crippen LogP contribution < -0.4 is 0 Å². The van der Waals surface area contributed by atoms with Crippen LogP contribution in [0.25, 0.3) is 0 Å². The van der Waals surface area contributed by atoms with E-state index in [1.54, 1.807) is 6.07 Å². The molecule has 0 radical (unpaired) electrons. The predicted molar refractivity (Wildman–Crippen MR) is 75.2 cm³/mol. The highest BCUT2D eigenvalue weighted by atomic mass is 79.9. The molecule has 0 aliphatic heterocycles. The minimum atomic E-state index is -0.543. The number of nitro benzene ring substituents is 1. The van der Waals surface area contributed by atoms with Crippen molar-refractivity contribution in [2.24, 2.45) is 0 Å². The van der Waals surface area contributed by atoms with Crippen molar-refractivity contribution in [3.8, 4) is 0 Å². The van der Waals surface area contributed by atoms with Gasteiger partial charge in [0, 0.05) is 23.6 Å². The lowest BCUT2D eigenvalue weighted by atomic mass is 10.0. The highest BCUT2D eigenvalue weighted by Crippen LogP contribution is 2.21. The van der Waals surface area contributed by atoms with Crippen LogP contribution in [0.5, 0.6) is 0 Å². The number of benzene rings is 2. The molecule has 0 aliphatic rings. The Hall–Kier alpha value is -2.08. The third-order valence-electron chi connectivity index (χ3n) is 2.78. The lowest BCUT2D eigenvalue weighted by molar-refractivity contribution is -0.385. The van der Waals surface area contributed by atoms with Crippen LogP contribution in [0.2, 0.25) is 0 Å². The Bertz CT molecular complexity index is 688. The molecule has 2 rings (SSSR count). The number of ketones is 1. The molecule has 6 heteroatoms. The van der Waals surface area contributed by atoms with E-state index < -0.39 is 10.7 Å². The lowest BCUT2D eigenvalue weighted by Gasteiger charge is -2.03. The van der Waals surface area contributed by atoms with Gasteiger partial charge in [0.05, 0.1) is 9.40 Å². The Balaban J connectivity index is 2.28. The highest BCUT2D eigenvalue weighted by molar-refractivity contribution is 9.10. The summed E-state index contributed by atoms with van der Waals surface area (Å²) in [6.07, 6.45) is -0.141. The maximum Gasteiger partial charge on any atom is 0.273 e. The fourth-order valence-electron chi connectivity index (χ4n) is 1.78. The Kier molecular flexibility index (Phi) is 4.24. The first-order valence-electron chi connectivity index (χ1n) is 5.69. The van der Waals surface area contributed by atoms with E-state index in [2.05, 4.69) is 15.9 Å². The first-order valence-corrected chi connectivity index (χ1v) is 6.49. The molecular formula is C14H9BrFNO3. The minimum absolute atomic E-state index is 0.113. The SMILES string of the molecule is O=C(Cc1ccccc1[N+](=O)[O-])c1ccc(Br)c(F)c1. The molecule has 0 N–H and O–H groups in total. The maximum atomic E-state index is 13.4. The van der Waals surface area contributed by atoms with Crippen molar-refractivity contribution in [2.45, 2.75) is 6.42 Å². The number of hydrogen-bond acceptors (Lipinski definition) is 3. The van der Waals surface area contributed by atoms with Crippen LogP contribution in [0, 0.1) is 15.9 Å². The molecule has 0 fully saturated rings. The summed E-state index contributed by atoms with van der Waals surface area (Å²) in [5, 5.41) is 10.9. The Morgan fingerprint density at radius 3 is 2.60 bits per heavy atom. The average molecular weight is 338 g/mol. The second-order valence-corrected chi connectivity index (χ2v) is 4.97. The van der Waals surface area contributed by atoms with Gasteiger partial charge < -0.3 is 0 Å². The van der Waals surface area contributed by atoms with Gasteiger partial charge in [0.1, 0.15) is 5.82 Å². The highest BCUT2D eigenvalue weighted by Gasteiger charge is 2.17. The Labute approximate surface area is 122 Å². The average Bonchev–Trinajstić information content (AvgIpc) is 2.42. The fraction of sp³-hybridized carbons (Fsp3) is 0.0714. The summed E-state index contributed by atoms with van der Waals surface area (Å²) in [5.41, 5.74) is 0.383. The zero-order chi connectivity index (χ0) is 14.7. The van der Waals surface area contributed by atoms with Crippen LogP contribution in [-0.2, 0) is 6.42 Å². The summed E-state index contributed by atoms with van der Waals surface area (Å²) < 4.78 is 13.6. The molecule has 0 bridgehead atoms. The van der Waals surface area contributed by atoms with E-state index in [-0.39, 0.29) is 27.9 Å². The van der Waals surface area contributed by atoms with Gasteiger partial charge in [-0.1, -0.05) is 24.3 Å². The number of nitrogens with zero attached hydrogens (tertiary/aromatic N) is 1. The molecule has 4 nitrogen and oxygen atoms in total. The predicted octanol–water partition coefficient (Wildman–Crippen LogP) is 3.92. The minimum Gasteiger partial charge on any atom is -0.294 e. The van der Waals surface area contributed by atoms with Crippen molar-refractivity contribution in [2.75, 3.05) is 0 Å². The van der Waals surface area contributed by atoms with E-state index in [4.69, 9.17) is 0 Å². The molecule has 2 aromatic carbocycles. The van der Waals surface area contributed by atoms with Gasteiger partial charge in [0.2, 0.25) is 0 Å². The molecule has 0 saturated heterocycles. The maximum absolute atomic E-state index is 13.4. The molecule has 20 heavy (non-hydrogen) atoms. The Morgan fingerprint density at radius 1 is 1.25 bits per heavy atom. The number of halogens is 2. The first kappa shape index (κ1) is 14.3. The topological polar surface area (TPSA) is 60.2 Å². The molecule has 0 heterocycles. The zero-order valence-corrected chi connectivity index (χ0v) is 11.8. The molecule has 0 saturated carbocycles. The van der Waals surface area contributed by atoms with Gasteiger partial charge in [-0.3, -0.25) is 14.9 Å². The molecule has 0 spiro atoms. The van der Waals surface area contributed by atoms with E-state index in [1.165, 1.54) is 30.3 Å². The summed E-state index contributed by atoms with van der Waals surface area (Å²) in [7, 11) is 0. The molecule has 0 amide bonds. The van der Waals surface area contributed by atoms with Crippen molar-refractivity contribution < 1.29 is 14.1 Å². The number of carbonyl (C=O) groups excluding carboxylic acids is 1. The van der Waals surface area contributed by atoms with Crippen LogP contribution in [0.3, 0.4) is 0 Å². The molecule has 2 aromatic rings. The van der Waals surface area contributed by atoms with Crippen LogP contribution >= 0.6 is 15.9 Å². The second-order valence-electron chi connectivity index (χ2n) is 4.11. The third-order valence-corrected chi connectivity index (χ3v) is 3.42. The van der Waals surface area contributed by atoms with Gasteiger partial charge in [-0.15, -0.1) is 0 Å². The van der Waals surface area contributed by atoms with Crippen molar-refractivity contribution in [3.63, 3.8) is 0 Å². The molecule has 0 unspecified atom stereocenters. The summed E-state index contributed by atoms with van der Waals surface area (Å²) in [6, 6.07) is 10.0. The molecule has 0 aromatic heterocycles. The van der Waals surface area contributed by atoms with Crippen LogP contribution in [0.4, 0.5) is 10.1 Å². The van der Waals surface area contributed by atoms with Gasteiger partial charge in [-0.2, -0.15) is 0 Å². The number of Topliss-reactive ketones (excluding diaryl/α,β-unsaturated/α-hetero) is 1. The van der Waals surface area contributed by atoms with Crippen molar-refractivity contribution in [1.29, 1.82) is 0 Å². The molecule has 0 atom stereocenters. The largest absolute Gasteiger partial charge is 0.294 e. The van der Waals surface area contributed by atoms with Gasteiger partial charge in [0.25, 0.3) is 5.69 Å². The van der Waals surface area contributed by atoms with E-state index in [0.29, 0.717) is 5.56 Å². The van der Waals surface area contributed by atoms with Crippen molar-refractivity contribution in [3.05, 3.63) is 74.0 Å². The summed E-state index contributed by atoms with van der Waals surface area (Å²) >= 11 is 3.00. The van der Waals surface area contributed by atoms with Crippen LogP contribution in [-0.4, -0.2) is 10.7 Å². The van der Waals surface area contributed by atoms with Gasteiger partial charge in [-0.05, 0) is 28.1 Å². The summed E-state index contributed by atoms with van der Waals surface area (Å²) in [5.74, 6) is -0.913. The lowest BCUT2D eigenvalue weighted by Crippen LogP contribution is -2.06. The smallest absolute Gasteiger partial charge is 0.273 e. The standard InChI is InChI=1S/C14H9BrFNO3/c15-11-6-5-10(7-12(11)16)14(18)8-9-3-1-2-4-13(9)17(19)20/h1-7H,8H2. The monoisotopic (exact) mass is 337 g/mol. The third kappa shape index (κ3) is 3.08. The second kappa shape index (κ2) is 5.92. The van der Waals surface area contributed by atoms with E-state index in [0.717, 1.165) is 6.07 Å².